The average Bonchev–Trinajstić information content (AvgIpc) is 3.57. The number of likely N-dealkylation sites (tertiary alicyclic amines) is 1. The fourth-order valence-corrected chi connectivity index (χ4v) is 6.31. The Morgan fingerprint density at radius 2 is 1.77 bits per heavy atom. The number of hydrogen-bond donors (Lipinski definition) is 4. The van der Waals surface area contributed by atoms with Gasteiger partial charge < -0.3 is 34.4 Å². The summed E-state index contributed by atoms with van der Waals surface area (Å²) >= 11 is 6.72. The van der Waals surface area contributed by atoms with Gasteiger partial charge in [-0.15, -0.1) is 0 Å². The molecule has 12 heteroatoms. The van der Waals surface area contributed by atoms with E-state index in [-0.39, 0.29) is 25.9 Å². The number of carbonyl (C=O) groups is 1. The molecular weight excluding hydrogens is 684 g/mol. The second kappa shape index (κ2) is 17.7. The number of rotatable bonds is 17. The van der Waals surface area contributed by atoms with Crippen LogP contribution in [0.3, 0.4) is 0 Å². The van der Waals surface area contributed by atoms with E-state index in [1.165, 1.54) is 13.1 Å². The summed E-state index contributed by atoms with van der Waals surface area (Å²) in [5, 5.41) is 41.6. The number of benzene rings is 3. The number of nitrogens with zero attached hydrogens (tertiary/aromatic N) is 3. The number of aliphatic carboxylic acids is 1. The summed E-state index contributed by atoms with van der Waals surface area (Å²) in [6, 6.07) is 19.2. The van der Waals surface area contributed by atoms with Crippen LogP contribution >= 0.6 is 11.6 Å². The van der Waals surface area contributed by atoms with E-state index in [1.54, 1.807) is 24.4 Å². The molecule has 1 aliphatic heterocycles. The van der Waals surface area contributed by atoms with Crippen molar-refractivity contribution >= 4 is 17.6 Å². The van der Waals surface area contributed by atoms with Crippen molar-refractivity contribution < 1.29 is 34.3 Å². The van der Waals surface area contributed by atoms with E-state index in [0.29, 0.717) is 39.8 Å². The van der Waals surface area contributed by atoms with Gasteiger partial charge in [0.2, 0.25) is 0 Å². The van der Waals surface area contributed by atoms with Crippen LogP contribution in [-0.2, 0) is 24.6 Å². The lowest BCUT2D eigenvalue weighted by Crippen LogP contribution is -2.52. The van der Waals surface area contributed by atoms with Gasteiger partial charge in [-0.05, 0) is 79.6 Å². The number of hydrogen-bond acceptors (Lipinski definition) is 10. The van der Waals surface area contributed by atoms with Crippen molar-refractivity contribution in [2.75, 3.05) is 32.8 Å². The smallest absolute Gasteiger partial charge is 0.326 e. The van der Waals surface area contributed by atoms with Crippen LogP contribution in [0.2, 0.25) is 5.02 Å². The van der Waals surface area contributed by atoms with Gasteiger partial charge in [0.15, 0.2) is 0 Å². The van der Waals surface area contributed by atoms with Crippen molar-refractivity contribution in [3.63, 3.8) is 0 Å². The zero-order chi connectivity index (χ0) is 37.3. The standard InChI is InChI=1S/C40H45ClN4O7/c1-26-30(7-4-8-33(26)34-9-5-10-36(27(34)2)50-14-6-12-45-13-11-32(47)22-45)24-52-38-17-37(51-23-29-15-28(18-42)19-43-20-29)31(16-35(38)41)21-44-40(3,25-46)39(48)49/h4-5,7-10,15-17,19-20,32,44,46-47H,6,11-14,21-25H2,1-3H3,(H,48,49)/t32-,40+/m1/s1. The molecule has 1 aliphatic rings. The number of carboxylic acid groups (broad SMARTS) is 1. The first-order valence-electron chi connectivity index (χ1n) is 17.2. The van der Waals surface area contributed by atoms with Gasteiger partial charge in [0.1, 0.15) is 42.1 Å². The van der Waals surface area contributed by atoms with Gasteiger partial charge >= 0.3 is 5.97 Å². The molecule has 5 rings (SSSR count). The molecule has 274 valence electrons. The van der Waals surface area contributed by atoms with Gasteiger partial charge in [-0.25, -0.2) is 0 Å². The average molecular weight is 729 g/mol. The van der Waals surface area contributed by atoms with Gasteiger partial charge in [0.25, 0.3) is 0 Å². The maximum absolute atomic E-state index is 11.8. The molecule has 2 atom stereocenters. The van der Waals surface area contributed by atoms with E-state index in [1.807, 2.05) is 24.3 Å². The molecule has 3 aromatic carbocycles. The lowest BCUT2D eigenvalue weighted by Gasteiger charge is -2.25. The fraction of sp³-hybridized carbons (Fsp3) is 0.375. The highest BCUT2D eigenvalue weighted by atomic mass is 35.5. The van der Waals surface area contributed by atoms with Crippen molar-refractivity contribution in [1.82, 2.24) is 15.2 Å². The molecular formula is C40H45ClN4O7. The molecule has 0 unspecified atom stereocenters. The van der Waals surface area contributed by atoms with Crippen LogP contribution in [0.1, 0.15) is 53.1 Å². The number of β-amino-alcohol motifs (C(OH)–C–C–N with tert-alkyl or cyclic N) is 1. The summed E-state index contributed by atoms with van der Waals surface area (Å²) in [4.78, 5) is 18.2. The zero-order valence-corrected chi connectivity index (χ0v) is 30.4. The molecule has 0 spiro atoms. The Kier molecular flexibility index (Phi) is 13.1. The maximum Gasteiger partial charge on any atom is 0.326 e. The number of carboxylic acids is 1. The molecule has 11 nitrogen and oxygen atoms in total. The number of nitrogens with one attached hydrogen (secondary N) is 1. The second-order valence-corrected chi connectivity index (χ2v) is 13.7. The molecule has 0 amide bonds. The van der Waals surface area contributed by atoms with Crippen molar-refractivity contribution in [1.29, 1.82) is 5.26 Å². The Morgan fingerprint density at radius 3 is 2.48 bits per heavy atom. The van der Waals surface area contributed by atoms with Gasteiger partial charge in [-0.2, -0.15) is 5.26 Å². The molecule has 1 saturated heterocycles. The highest BCUT2D eigenvalue weighted by molar-refractivity contribution is 6.32. The van der Waals surface area contributed by atoms with Crippen molar-refractivity contribution in [3.8, 4) is 34.4 Å². The first-order valence-corrected chi connectivity index (χ1v) is 17.6. The third-order valence-electron chi connectivity index (χ3n) is 9.42. The first kappa shape index (κ1) is 38.5. The van der Waals surface area contributed by atoms with Crippen molar-refractivity contribution in [2.24, 2.45) is 0 Å². The van der Waals surface area contributed by atoms with Gasteiger partial charge in [0, 0.05) is 55.8 Å². The van der Waals surface area contributed by atoms with E-state index >= 15 is 0 Å². The number of aliphatic hydroxyl groups is 2. The highest BCUT2D eigenvalue weighted by Crippen LogP contribution is 2.36. The molecule has 0 saturated carbocycles. The summed E-state index contributed by atoms with van der Waals surface area (Å²) in [5.74, 6) is 0.389. The number of halogens is 1. The quantitative estimate of drug-likeness (QED) is 0.0973. The van der Waals surface area contributed by atoms with E-state index in [4.69, 9.17) is 25.8 Å². The van der Waals surface area contributed by atoms with Crippen LogP contribution in [-0.4, -0.2) is 75.7 Å². The number of pyridine rings is 1. The Bertz CT molecular complexity index is 1920. The SMILES string of the molecule is Cc1c(COc2cc(OCc3cncc(C#N)c3)c(CN[C@@](C)(CO)C(=O)O)cc2Cl)cccc1-c1cccc(OCCCN2CC[C@@H](O)C2)c1C. The Labute approximate surface area is 309 Å². The van der Waals surface area contributed by atoms with Crippen LogP contribution in [0, 0.1) is 25.2 Å². The Hall–Kier alpha value is -4.70. The van der Waals surface area contributed by atoms with Crippen LogP contribution in [0.25, 0.3) is 11.1 Å². The minimum absolute atomic E-state index is 0.0288. The van der Waals surface area contributed by atoms with E-state index in [0.717, 1.165) is 66.0 Å². The molecule has 0 bridgehead atoms. The Balaban J connectivity index is 1.32. The lowest BCUT2D eigenvalue weighted by atomic mass is 9.93. The summed E-state index contributed by atoms with van der Waals surface area (Å²) in [7, 11) is 0. The topological polar surface area (TPSA) is 157 Å². The fourth-order valence-electron chi connectivity index (χ4n) is 6.07. The molecule has 52 heavy (non-hydrogen) atoms. The monoisotopic (exact) mass is 728 g/mol. The maximum atomic E-state index is 11.8. The molecule has 4 aromatic rings. The molecule has 2 heterocycles. The van der Waals surface area contributed by atoms with E-state index in [2.05, 4.69) is 47.3 Å². The molecule has 1 fully saturated rings. The van der Waals surface area contributed by atoms with E-state index in [9.17, 15) is 25.4 Å². The molecule has 1 aromatic heterocycles. The largest absolute Gasteiger partial charge is 0.493 e. The number of aromatic nitrogens is 1. The van der Waals surface area contributed by atoms with Crippen molar-refractivity contribution in [2.45, 2.75) is 65.0 Å². The van der Waals surface area contributed by atoms with Crippen LogP contribution < -0.4 is 19.5 Å². The first-order chi connectivity index (χ1) is 25.0. The Morgan fingerprint density at radius 1 is 1.02 bits per heavy atom. The second-order valence-electron chi connectivity index (χ2n) is 13.3. The third kappa shape index (κ3) is 9.59. The molecule has 0 aliphatic carbocycles. The van der Waals surface area contributed by atoms with Crippen LogP contribution in [0.15, 0.2) is 67.0 Å². The number of aliphatic hydroxyl groups excluding tert-OH is 2. The van der Waals surface area contributed by atoms with E-state index < -0.39 is 18.1 Å². The summed E-state index contributed by atoms with van der Waals surface area (Å²) in [5.41, 5.74) is 5.20. The predicted molar refractivity (Wildman–Crippen MR) is 198 cm³/mol. The number of ether oxygens (including phenoxy) is 3. The van der Waals surface area contributed by atoms with Crippen LogP contribution in [0.5, 0.6) is 17.2 Å². The summed E-state index contributed by atoms with van der Waals surface area (Å²) < 4.78 is 18.6. The lowest BCUT2D eigenvalue weighted by molar-refractivity contribution is -0.145. The van der Waals surface area contributed by atoms with Gasteiger partial charge in [-0.3, -0.25) is 15.1 Å². The predicted octanol–water partition coefficient (Wildman–Crippen LogP) is 5.81. The minimum atomic E-state index is -1.59. The number of nitriles is 1. The van der Waals surface area contributed by atoms with Crippen LogP contribution in [0.4, 0.5) is 0 Å². The molecule has 4 N–H and O–H groups in total. The zero-order valence-electron chi connectivity index (χ0n) is 29.7. The highest BCUT2D eigenvalue weighted by Gasteiger charge is 2.32. The van der Waals surface area contributed by atoms with Gasteiger partial charge in [-0.1, -0.05) is 41.9 Å². The minimum Gasteiger partial charge on any atom is -0.493 e. The summed E-state index contributed by atoms with van der Waals surface area (Å²) in [6.07, 6.45) is 4.55. The summed E-state index contributed by atoms with van der Waals surface area (Å²) in [6.45, 7) is 8.36. The van der Waals surface area contributed by atoms with Crippen molar-refractivity contribution in [3.05, 3.63) is 105 Å². The normalized spacial score (nSPS) is 15.5. The third-order valence-corrected chi connectivity index (χ3v) is 9.71. The van der Waals surface area contributed by atoms with Gasteiger partial charge in [0.05, 0.1) is 29.9 Å². The molecule has 0 radical (unpaired) electrons.